The second-order valence-corrected chi connectivity index (χ2v) is 6.66. The van der Waals surface area contributed by atoms with E-state index in [1.807, 2.05) is 29.7 Å². The summed E-state index contributed by atoms with van der Waals surface area (Å²) in [6.45, 7) is 5.24. The fraction of sp³-hybridized carbons (Fsp3) is 0.500. The minimum absolute atomic E-state index is 0.0231. The minimum Gasteiger partial charge on any atom is -0.491 e. The van der Waals surface area contributed by atoms with E-state index in [9.17, 15) is 4.21 Å². The Labute approximate surface area is 121 Å². The molecule has 1 aromatic heterocycles. The fourth-order valence-corrected chi connectivity index (χ4v) is 2.38. The van der Waals surface area contributed by atoms with Crippen molar-refractivity contribution < 1.29 is 8.95 Å². The first kappa shape index (κ1) is 14.8. The quantitative estimate of drug-likeness (QED) is 0.886. The molecule has 1 aromatic carbocycles. The number of fused-ring (bicyclic) bond motifs is 1. The SMILES string of the molecule is CCCOc1cccc2c1nc(N)n2CC(C)S(C)=O. The lowest BCUT2D eigenvalue weighted by Gasteiger charge is -2.11. The molecular weight excluding hydrogens is 274 g/mol. The first-order valence-electron chi connectivity index (χ1n) is 6.74. The Morgan fingerprint density at radius 1 is 1.50 bits per heavy atom. The second-order valence-electron chi connectivity index (χ2n) is 4.86. The van der Waals surface area contributed by atoms with Gasteiger partial charge in [0, 0.05) is 28.9 Å². The summed E-state index contributed by atoms with van der Waals surface area (Å²) in [6, 6.07) is 5.79. The maximum atomic E-state index is 11.5. The Kier molecular flexibility index (Phi) is 4.65. The maximum absolute atomic E-state index is 11.5. The lowest BCUT2D eigenvalue weighted by molar-refractivity contribution is 0.320. The number of imidazole rings is 1. The van der Waals surface area contributed by atoms with Crippen LogP contribution in [0.15, 0.2) is 18.2 Å². The number of hydrogen-bond donors (Lipinski definition) is 1. The van der Waals surface area contributed by atoms with Crippen LogP contribution in [0.3, 0.4) is 0 Å². The number of hydrogen-bond acceptors (Lipinski definition) is 4. The van der Waals surface area contributed by atoms with Crippen LogP contribution < -0.4 is 10.5 Å². The van der Waals surface area contributed by atoms with Crippen molar-refractivity contribution in [3.05, 3.63) is 18.2 Å². The largest absolute Gasteiger partial charge is 0.491 e. The van der Waals surface area contributed by atoms with Crippen molar-refractivity contribution in [2.45, 2.75) is 32.1 Å². The molecule has 0 fully saturated rings. The van der Waals surface area contributed by atoms with Gasteiger partial charge >= 0.3 is 0 Å². The zero-order valence-corrected chi connectivity index (χ0v) is 12.9. The average Bonchev–Trinajstić information content (AvgIpc) is 2.73. The van der Waals surface area contributed by atoms with Crippen LogP contribution in [-0.4, -0.2) is 31.9 Å². The van der Waals surface area contributed by atoms with Gasteiger partial charge in [-0.2, -0.15) is 0 Å². The van der Waals surface area contributed by atoms with Crippen molar-refractivity contribution in [1.82, 2.24) is 9.55 Å². The summed E-state index contributed by atoms with van der Waals surface area (Å²) in [5, 5.41) is 0.0231. The van der Waals surface area contributed by atoms with Gasteiger partial charge in [0.25, 0.3) is 0 Å². The zero-order chi connectivity index (χ0) is 14.7. The smallest absolute Gasteiger partial charge is 0.201 e. The molecule has 0 bridgehead atoms. The molecule has 0 saturated heterocycles. The first-order chi connectivity index (χ1) is 9.54. The number of para-hydroxylation sites is 1. The van der Waals surface area contributed by atoms with Gasteiger partial charge in [0.05, 0.1) is 12.1 Å². The summed E-state index contributed by atoms with van der Waals surface area (Å²) in [4.78, 5) is 4.40. The van der Waals surface area contributed by atoms with Crippen molar-refractivity contribution in [3.63, 3.8) is 0 Å². The summed E-state index contributed by atoms with van der Waals surface area (Å²) >= 11 is 0. The third kappa shape index (κ3) is 2.95. The molecular formula is C14H21N3O2S. The molecule has 5 nitrogen and oxygen atoms in total. The van der Waals surface area contributed by atoms with Gasteiger partial charge in [-0.25, -0.2) is 4.98 Å². The van der Waals surface area contributed by atoms with Gasteiger partial charge in [0.2, 0.25) is 5.95 Å². The van der Waals surface area contributed by atoms with Crippen LogP contribution in [0.25, 0.3) is 11.0 Å². The number of nitrogens with zero attached hydrogens (tertiary/aromatic N) is 2. The summed E-state index contributed by atoms with van der Waals surface area (Å²) in [6.07, 6.45) is 2.65. The van der Waals surface area contributed by atoms with Gasteiger partial charge < -0.3 is 15.0 Å². The lowest BCUT2D eigenvalue weighted by Crippen LogP contribution is -2.18. The van der Waals surface area contributed by atoms with Gasteiger partial charge in [0.1, 0.15) is 11.3 Å². The highest BCUT2D eigenvalue weighted by Crippen LogP contribution is 2.27. The van der Waals surface area contributed by atoms with Crippen molar-refractivity contribution in [3.8, 4) is 5.75 Å². The Bertz CT molecular complexity index is 624. The van der Waals surface area contributed by atoms with Crippen LogP contribution in [-0.2, 0) is 17.3 Å². The fourth-order valence-electron chi connectivity index (χ4n) is 2.02. The van der Waals surface area contributed by atoms with Crippen LogP contribution >= 0.6 is 0 Å². The minimum atomic E-state index is -0.892. The topological polar surface area (TPSA) is 70.1 Å². The Hall–Kier alpha value is -1.56. The molecule has 20 heavy (non-hydrogen) atoms. The molecule has 2 aromatic rings. The van der Waals surface area contributed by atoms with E-state index in [0.717, 1.165) is 23.2 Å². The predicted molar refractivity (Wildman–Crippen MR) is 83.5 cm³/mol. The first-order valence-corrected chi connectivity index (χ1v) is 8.36. The van der Waals surface area contributed by atoms with E-state index in [1.165, 1.54) is 0 Å². The lowest BCUT2D eigenvalue weighted by atomic mass is 10.3. The summed E-state index contributed by atoms with van der Waals surface area (Å²) in [5.74, 6) is 1.19. The molecule has 2 N–H and O–H groups in total. The molecule has 0 aliphatic rings. The van der Waals surface area contributed by atoms with Crippen molar-refractivity contribution in [2.75, 3.05) is 18.6 Å². The molecule has 0 aliphatic heterocycles. The molecule has 0 aliphatic carbocycles. The number of anilines is 1. The second kappa shape index (κ2) is 6.26. The molecule has 0 radical (unpaired) electrons. The molecule has 1 heterocycles. The van der Waals surface area contributed by atoms with Crippen LogP contribution in [0.1, 0.15) is 20.3 Å². The van der Waals surface area contributed by atoms with E-state index in [0.29, 0.717) is 19.1 Å². The van der Waals surface area contributed by atoms with E-state index in [1.54, 1.807) is 6.26 Å². The van der Waals surface area contributed by atoms with Crippen LogP contribution in [0, 0.1) is 0 Å². The third-order valence-corrected chi connectivity index (χ3v) is 4.52. The normalized spacial score (nSPS) is 14.3. The van der Waals surface area contributed by atoms with Gasteiger partial charge in [-0.3, -0.25) is 4.21 Å². The van der Waals surface area contributed by atoms with Gasteiger partial charge in [-0.05, 0) is 25.5 Å². The van der Waals surface area contributed by atoms with Crippen molar-refractivity contribution in [2.24, 2.45) is 0 Å². The van der Waals surface area contributed by atoms with E-state index >= 15 is 0 Å². The van der Waals surface area contributed by atoms with Crippen molar-refractivity contribution in [1.29, 1.82) is 0 Å². The summed E-state index contributed by atoms with van der Waals surface area (Å²) in [5.41, 5.74) is 7.69. The standard InChI is InChI=1S/C14H21N3O2S/c1-4-8-19-12-7-5-6-11-13(12)16-14(15)17(11)9-10(2)20(3)18/h5-7,10H,4,8-9H2,1-3H3,(H2,15,16). The van der Waals surface area contributed by atoms with Gasteiger partial charge in [-0.15, -0.1) is 0 Å². The molecule has 2 rings (SSSR count). The molecule has 2 atom stereocenters. The molecule has 0 amide bonds. The number of nitrogens with two attached hydrogens (primary N) is 1. The van der Waals surface area contributed by atoms with Crippen molar-refractivity contribution >= 4 is 27.8 Å². The van der Waals surface area contributed by atoms with Crippen LogP contribution in [0.4, 0.5) is 5.95 Å². The van der Waals surface area contributed by atoms with E-state index in [4.69, 9.17) is 10.5 Å². The predicted octanol–water partition coefficient (Wildman–Crippen LogP) is 2.17. The van der Waals surface area contributed by atoms with Crippen LogP contribution in [0.2, 0.25) is 0 Å². The molecule has 110 valence electrons. The Morgan fingerprint density at radius 2 is 2.25 bits per heavy atom. The maximum Gasteiger partial charge on any atom is 0.201 e. The van der Waals surface area contributed by atoms with Gasteiger partial charge in [-0.1, -0.05) is 13.0 Å². The monoisotopic (exact) mass is 295 g/mol. The highest BCUT2D eigenvalue weighted by molar-refractivity contribution is 7.84. The Balaban J connectivity index is 2.41. The van der Waals surface area contributed by atoms with E-state index in [2.05, 4.69) is 11.9 Å². The molecule has 2 unspecified atom stereocenters. The van der Waals surface area contributed by atoms with E-state index in [-0.39, 0.29) is 5.25 Å². The molecule has 6 heteroatoms. The number of rotatable bonds is 6. The molecule has 0 saturated carbocycles. The van der Waals surface area contributed by atoms with Gasteiger partial charge in [0.15, 0.2) is 0 Å². The number of aromatic nitrogens is 2. The number of nitrogen functional groups attached to an aromatic ring is 1. The molecule has 0 spiro atoms. The van der Waals surface area contributed by atoms with Crippen LogP contribution in [0.5, 0.6) is 5.75 Å². The number of benzene rings is 1. The summed E-state index contributed by atoms with van der Waals surface area (Å²) < 4.78 is 19.1. The zero-order valence-electron chi connectivity index (χ0n) is 12.1. The van der Waals surface area contributed by atoms with E-state index < -0.39 is 10.8 Å². The highest BCUT2D eigenvalue weighted by atomic mass is 32.2. The highest BCUT2D eigenvalue weighted by Gasteiger charge is 2.15. The summed E-state index contributed by atoms with van der Waals surface area (Å²) in [7, 11) is -0.892. The Morgan fingerprint density at radius 3 is 2.90 bits per heavy atom. The number of ether oxygens (including phenoxy) is 1. The third-order valence-electron chi connectivity index (χ3n) is 3.24. The average molecular weight is 295 g/mol.